The Labute approximate surface area is 344 Å². The fourth-order valence-corrected chi connectivity index (χ4v) is 6.76. The molecule has 5 rings (SSSR count). The number of ether oxygens (including phenoxy) is 8. The molecule has 2 amide bonds. The van der Waals surface area contributed by atoms with Crippen LogP contribution in [0.25, 0.3) is 27.8 Å². The SMILES string of the molecule is COc1cccc2cc(-c3nc([C@H]4CC[C@H](C(=O)NCCOCCOCCNC(=O)CCOCCOCCOCCOCCOCCN)CC4)n4ncnc(N)c34)[nH]c12. The summed E-state index contributed by atoms with van der Waals surface area (Å²) in [7, 11) is 1.64. The molecule has 0 saturated heterocycles. The van der Waals surface area contributed by atoms with Gasteiger partial charge in [-0.25, -0.2) is 14.5 Å². The van der Waals surface area contributed by atoms with Crippen LogP contribution in [-0.4, -0.2) is 156 Å². The molecule has 0 spiro atoms. The van der Waals surface area contributed by atoms with E-state index in [2.05, 4.69) is 25.7 Å². The summed E-state index contributed by atoms with van der Waals surface area (Å²) in [5, 5.41) is 11.3. The first-order valence-electron chi connectivity index (χ1n) is 20.4. The topological polar surface area (TPSA) is 243 Å². The number of carbonyl (C=O) groups is 2. The number of nitrogens with one attached hydrogen (secondary N) is 3. The lowest BCUT2D eigenvalue weighted by Crippen LogP contribution is -2.35. The van der Waals surface area contributed by atoms with Crippen molar-refractivity contribution in [2.75, 3.05) is 125 Å². The van der Waals surface area contributed by atoms with Gasteiger partial charge < -0.3 is 65.0 Å². The molecule has 19 heteroatoms. The smallest absolute Gasteiger partial charge is 0.223 e. The molecule has 59 heavy (non-hydrogen) atoms. The lowest BCUT2D eigenvalue weighted by atomic mass is 9.81. The van der Waals surface area contributed by atoms with Gasteiger partial charge in [0.2, 0.25) is 11.8 Å². The zero-order chi connectivity index (χ0) is 41.5. The second-order valence-corrected chi connectivity index (χ2v) is 13.8. The number of aromatic amines is 1. The molecular formula is C40H61N9O10. The maximum atomic E-state index is 13.0. The maximum Gasteiger partial charge on any atom is 0.223 e. The molecule has 0 bridgehead atoms. The number of nitrogens with two attached hydrogens (primary N) is 2. The van der Waals surface area contributed by atoms with Crippen LogP contribution in [0.2, 0.25) is 0 Å². The van der Waals surface area contributed by atoms with Crippen LogP contribution in [0.5, 0.6) is 5.75 Å². The molecule has 0 unspecified atom stereocenters. The van der Waals surface area contributed by atoms with Crippen molar-refractivity contribution in [1.82, 2.24) is 35.2 Å². The lowest BCUT2D eigenvalue weighted by molar-refractivity contribution is -0.126. The molecule has 3 heterocycles. The Balaban J connectivity index is 0.849. The van der Waals surface area contributed by atoms with E-state index in [1.807, 2.05) is 24.3 Å². The normalized spacial score (nSPS) is 15.6. The third kappa shape index (κ3) is 14.6. The highest BCUT2D eigenvalue weighted by atomic mass is 16.6. The van der Waals surface area contributed by atoms with Gasteiger partial charge in [-0.05, 0) is 37.8 Å². The highest BCUT2D eigenvalue weighted by Crippen LogP contribution is 2.39. The number of rotatable bonds is 30. The van der Waals surface area contributed by atoms with Crippen LogP contribution in [0.3, 0.4) is 0 Å². The zero-order valence-electron chi connectivity index (χ0n) is 34.1. The molecule has 0 atom stereocenters. The van der Waals surface area contributed by atoms with Gasteiger partial charge >= 0.3 is 0 Å². The highest BCUT2D eigenvalue weighted by molar-refractivity contribution is 5.93. The number of amides is 2. The summed E-state index contributed by atoms with van der Waals surface area (Å²) in [5.74, 6) is 1.86. The maximum absolute atomic E-state index is 13.0. The first-order valence-corrected chi connectivity index (χ1v) is 20.4. The number of nitrogens with zero attached hydrogens (tertiary/aromatic N) is 4. The van der Waals surface area contributed by atoms with Gasteiger partial charge in [0, 0.05) is 43.3 Å². The summed E-state index contributed by atoms with van der Waals surface area (Å²) in [6.07, 6.45) is 4.76. The summed E-state index contributed by atoms with van der Waals surface area (Å²) in [5.41, 5.74) is 14.7. The number of hydrogen-bond acceptors (Lipinski definition) is 15. The minimum Gasteiger partial charge on any atom is -0.495 e. The summed E-state index contributed by atoms with van der Waals surface area (Å²) >= 11 is 0. The van der Waals surface area contributed by atoms with Crippen LogP contribution in [-0.2, 0) is 42.7 Å². The Bertz CT molecular complexity index is 1830. The minimum absolute atomic E-state index is 0.0330. The molecule has 1 fully saturated rings. The molecule has 1 aliphatic carbocycles. The number of anilines is 1. The fourth-order valence-electron chi connectivity index (χ4n) is 6.76. The van der Waals surface area contributed by atoms with Crippen molar-refractivity contribution in [2.45, 2.75) is 38.0 Å². The molecule has 326 valence electrons. The molecule has 1 saturated carbocycles. The van der Waals surface area contributed by atoms with Crippen LogP contribution in [0.4, 0.5) is 5.82 Å². The van der Waals surface area contributed by atoms with E-state index in [0.717, 1.165) is 53.9 Å². The fraction of sp³-hybridized carbons (Fsp3) is 0.625. The van der Waals surface area contributed by atoms with E-state index in [9.17, 15) is 9.59 Å². The van der Waals surface area contributed by atoms with Crippen LogP contribution < -0.4 is 26.8 Å². The van der Waals surface area contributed by atoms with Crippen molar-refractivity contribution < 1.29 is 47.5 Å². The van der Waals surface area contributed by atoms with E-state index in [1.54, 1.807) is 11.6 Å². The number of hydrogen-bond donors (Lipinski definition) is 5. The molecular weight excluding hydrogens is 766 g/mol. The van der Waals surface area contributed by atoms with Gasteiger partial charge in [-0.2, -0.15) is 5.10 Å². The van der Waals surface area contributed by atoms with Gasteiger partial charge in [0.25, 0.3) is 0 Å². The Morgan fingerprint density at radius 1 is 0.797 bits per heavy atom. The molecule has 0 aliphatic heterocycles. The van der Waals surface area contributed by atoms with Crippen molar-refractivity contribution in [2.24, 2.45) is 11.7 Å². The van der Waals surface area contributed by atoms with Crippen LogP contribution >= 0.6 is 0 Å². The Morgan fingerprint density at radius 3 is 2.02 bits per heavy atom. The Morgan fingerprint density at radius 2 is 1.39 bits per heavy atom. The summed E-state index contributed by atoms with van der Waals surface area (Å²) in [6, 6.07) is 7.89. The van der Waals surface area contributed by atoms with Gasteiger partial charge in [0.1, 0.15) is 29.1 Å². The van der Waals surface area contributed by atoms with E-state index < -0.39 is 0 Å². The number of fused-ring (bicyclic) bond motifs is 2. The quantitative estimate of drug-likeness (QED) is 0.0471. The molecule has 4 aromatic rings. The van der Waals surface area contributed by atoms with E-state index in [4.69, 9.17) is 54.3 Å². The summed E-state index contributed by atoms with van der Waals surface area (Å²) in [6.45, 7) is 7.48. The second kappa shape index (κ2) is 25.9. The van der Waals surface area contributed by atoms with Crippen LogP contribution in [0.1, 0.15) is 43.8 Å². The zero-order valence-corrected chi connectivity index (χ0v) is 34.1. The Kier molecular flexibility index (Phi) is 20.0. The average Bonchev–Trinajstić information content (AvgIpc) is 3.87. The van der Waals surface area contributed by atoms with E-state index in [-0.39, 0.29) is 30.1 Å². The van der Waals surface area contributed by atoms with Gasteiger partial charge in [0.15, 0.2) is 5.82 Å². The Hall–Kier alpha value is -4.47. The first-order chi connectivity index (χ1) is 29.0. The number of nitrogen functional groups attached to an aromatic ring is 1. The van der Waals surface area contributed by atoms with E-state index in [1.165, 1.54) is 6.33 Å². The first kappa shape index (κ1) is 45.6. The number of carbonyl (C=O) groups excluding carboxylic acids is 2. The molecule has 19 nitrogen and oxygen atoms in total. The van der Waals surface area contributed by atoms with Crippen molar-refractivity contribution in [3.05, 3.63) is 36.4 Å². The molecule has 1 aliphatic rings. The number of H-pyrrole nitrogens is 1. The van der Waals surface area contributed by atoms with Crippen molar-refractivity contribution in [1.29, 1.82) is 0 Å². The molecule has 1 aromatic carbocycles. The molecule has 3 aromatic heterocycles. The average molecular weight is 828 g/mol. The number of benzene rings is 1. The van der Waals surface area contributed by atoms with Gasteiger partial charge in [-0.15, -0.1) is 0 Å². The minimum atomic E-state index is -0.108. The summed E-state index contributed by atoms with van der Waals surface area (Å²) in [4.78, 5) is 37.7. The number of aromatic nitrogens is 5. The van der Waals surface area contributed by atoms with Crippen molar-refractivity contribution in [3.63, 3.8) is 0 Å². The van der Waals surface area contributed by atoms with Crippen molar-refractivity contribution >= 4 is 34.1 Å². The number of methoxy groups -OCH3 is 1. The lowest BCUT2D eigenvalue weighted by Gasteiger charge is -2.26. The monoisotopic (exact) mass is 827 g/mol. The van der Waals surface area contributed by atoms with E-state index in [0.29, 0.717) is 129 Å². The van der Waals surface area contributed by atoms with Crippen molar-refractivity contribution in [3.8, 4) is 17.1 Å². The third-order valence-corrected chi connectivity index (χ3v) is 9.75. The van der Waals surface area contributed by atoms with Gasteiger partial charge in [-0.1, -0.05) is 12.1 Å². The predicted octanol–water partition coefficient (Wildman–Crippen LogP) is 1.83. The van der Waals surface area contributed by atoms with Gasteiger partial charge in [0.05, 0.1) is 111 Å². The van der Waals surface area contributed by atoms with Crippen LogP contribution in [0, 0.1) is 5.92 Å². The van der Waals surface area contributed by atoms with Crippen LogP contribution in [0.15, 0.2) is 30.6 Å². The third-order valence-electron chi connectivity index (χ3n) is 9.75. The second-order valence-electron chi connectivity index (χ2n) is 13.8. The highest BCUT2D eigenvalue weighted by Gasteiger charge is 2.31. The van der Waals surface area contributed by atoms with E-state index >= 15 is 0 Å². The summed E-state index contributed by atoms with van der Waals surface area (Å²) < 4.78 is 45.4. The largest absolute Gasteiger partial charge is 0.495 e. The number of para-hydroxylation sites is 1. The predicted molar refractivity (Wildman–Crippen MR) is 219 cm³/mol. The number of imidazole rings is 1. The molecule has 0 radical (unpaired) electrons. The standard InChI is InChI=1S/C40H61N9O10/c1-52-33-4-2-3-31-27-32(47-35(31)33)36-37-38(42)45-28-46-49(37)39(48-36)29-5-7-30(8-6-29)40(51)44-12-16-56-20-19-55-15-11-43-34(50)9-13-53-17-21-57-23-25-59-26-24-58-22-18-54-14-10-41/h2-4,27-30,47H,5-26,41H2,1H3,(H,43,50)(H,44,51)(H2,42,45,46)/t29-,30-. The van der Waals surface area contributed by atoms with Gasteiger partial charge in [-0.3, -0.25) is 9.59 Å². The molecule has 7 N–H and O–H groups in total.